The Morgan fingerprint density at radius 2 is 1.94 bits per heavy atom. The van der Waals surface area contributed by atoms with Crippen LogP contribution < -0.4 is 5.46 Å². The van der Waals surface area contributed by atoms with Gasteiger partial charge in [-0.1, -0.05) is 47.4 Å². The molecule has 1 heterocycles. The van der Waals surface area contributed by atoms with Crippen LogP contribution in [0.15, 0.2) is 39.2 Å². The fourth-order valence-electron chi connectivity index (χ4n) is 1.52. The summed E-state index contributed by atoms with van der Waals surface area (Å²) in [5.41, 5.74) is 1.73. The van der Waals surface area contributed by atoms with Gasteiger partial charge in [0.25, 0.3) is 0 Å². The van der Waals surface area contributed by atoms with Gasteiger partial charge in [0.1, 0.15) is 19.4 Å². The van der Waals surface area contributed by atoms with Crippen LogP contribution in [-0.4, -0.2) is 7.85 Å². The van der Waals surface area contributed by atoms with E-state index in [2.05, 4.69) is 29.8 Å². The maximum atomic E-state index is 5.84. The SMILES string of the molecule is [B]c1cc(-c2ccc(C(C)C)o2)ccc1Br. The van der Waals surface area contributed by atoms with Gasteiger partial charge < -0.3 is 4.42 Å². The van der Waals surface area contributed by atoms with Crippen molar-refractivity contribution in [1.82, 2.24) is 0 Å². The molecule has 1 aromatic carbocycles. The van der Waals surface area contributed by atoms with E-state index in [4.69, 9.17) is 12.3 Å². The molecule has 0 amide bonds. The maximum Gasteiger partial charge on any atom is 0.134 e. The zero-order valence-electron chi connectivity index (χ0n) is 9.33. The van der Waals surface area contributed by atoms with E-state index < -0.39 is 0 Å². The van der Waals surface area contributed by atoms with Crippen LogP contribution in [0.3, 0.4) is 0 Å². The summed E-state index contributed by atoms with van der Waals surface area (Å²) < 4.78 is 6.66. The van der Waals surface area contributed by atoms with E-state index in [9.17, 15) is 0 Å². The Hall–Kier alpha value is -0.955. The van der Waals surface area contributed by atoms with Crippen LogP contribution >= 0.6 is 15.9 Å². The molecule has 2 rings (SSSR count). The van der Waals surface area contributed by atoms with E-state index in [0.717, 1.165) is 27.0 Å². The molecule has 3 heteroatoms. The molecule has 0 atom stereocenters. The molecule has 0 spiro atoms. The van der Waals surface area contributed by atoms with Crippen LogP contribution in [0, 0.1) is 0 Å². The third-order valence-corrected chi connectivity index (χ3v) is 3.20. The average molecular weight is 275 g/mol. The van der Waals surface area contributed by atoms with Crippen molar-refractivity contribution in [2.24, 2.45) is 0 Å². The molecule has 1 nitrogen and oxygen atoms in total. The van der Waals surface area contributed by atoms with Gasteiger partial charge in [-0.15, -0.1) is 0 Å². The van der Waals surface area contributed by atoms with Gasteiger partial charge in [0.05, 0.1) is 0 Å². The first kappa shape index (κ1) is 11.5. The van der Waals surface area contributed by atoms with Crippen molar-refractivity contribution in [2.45, 2.75) is 19.8 Å². The van der Waals surface area contributed by atoms with Gasteiger partial charge in [-0.05, 0) is 18.2 Å². The van der Waals surface area contributed by atoms with E-state index in [-0.39, 0.29) is 0 Å². The average Bonchev–Trinajstić information content (AvgIpc) is 2.71. The molecular formula is C13H12BBrO. The number of halogens is 1. The summed E-state index contributed by atoms with van der Waals surface area (Å²) >= 11 is 3.37. The van der Waals surface area contributed by atoms with Crippen LogP contribution in [0.5, 0.6) is 0 Å². The molecule has 16 heavy (non-hydrogen) atoms. The lowest BCUT2D eigenvalue weighted by Gasteiger charge is -2.03. The first-order valence-electron chi connectivity index (χ1n) is 5.23. The van der Waals surface area contributed by atoms with Gasteiger partial charge in [-0.3, -0.25) is 0 Å². The van der Waals surface area contributed by atoms with Crippen molar-refractivity contribution in [3.05, 3.63) is 40.6 Å². The highest BCUT2D eigenvalue weighted by Crippen LogP contribution is 2.26. The van der Waals surface area contributed by atoms with Crippen LogP contribution in [0.4, 0.5) is 0 Å². The third kappa shape index (κ3) is 2.24. The van der Waals surface area contributed by atoms with Crippen LogP contribution in [0.2, 0.25) is 0 Å². The molecular weight excluding hydrogens is 263 g/mol. The third-order valence-electron chi connectivity index (χ3n) is 2.48. The summed E-state index contributed by atoms with van der Waals surface area (Å²) in [6, 6.07) is 9.83. The zero-order valence-corrected chi connectivity index (χ0v) is 10.9. The van der Waals surface area contributed by atoms with Crippen molar-refractivity contribution in [3.8, 4) is 11.3 Å². The maximum absolute atomic E-state index is 5.84. The van der Waals surface area contributed by atoms with Gasteiger partial charge in [0.2, 0.25) is 0 Å². The summed E-state index contributed by atoms with van der Waals surface area (Å²) in [7, 11) is 5.84. The van der Waals surface area contributed by atoms with Crippen molar-refractivity contribution in [1.29, 1.82) is 0 Å². The highest BCUT2D eigenvalue weighted by atomic mass is 79.9. The smallest absolute Gasteiger partial charge is 0.134 e. The standard InChI is InChI=1S/C13H12BBrO/c1-8(2)12-5-6-13(16-12)9-3-4-11(15)10(14)7-9/h3-8H,1-2H3. The lowest BCUT2D eigenvalue weighted by atomic mass is 9.94. The first-order chi connectivity index (χ1) is 7.58. The first-order valence-corrected chi connectivity index (χ1v) is 6.02. The summed E-state index contributed by atoms with van der Waals surface area (Å²) in [6.07, 6.45) is 0. The van der Waals surface area contributed by atoms with Crippen molar-refractivity contribution < 1.29 is 4.42 Å². The normalized spacial score (nSPS) is 11.0. The second-order valence-electron chi connectivity index (χ2n) is 4.09. The Morgan fingerprint density at radius 3 is 2.50 bits per heavy atom. The van der Waals surface area contributed by atoms with E-state index in [1.54, 1.807) is 0 Å². The largest absolute Gasteiger partial charge is 0.461 e. The molecule has 2 radical (unpaired) electrons. The molecule has 1 aromatic heterocycles. The van der Waals surface area contributed by atoms with Gasteiger partial charge in [0, 0.05) is 16.0 Å². The van der Waals surface area contributed by atoms with Crippen molar-refractivity contribution in [3.63, 3.8) is 0 Å². The van der Waals surface area contributed by atoms with E-state index >= 15 is 0 Å². The predicted molar refractivity (Wildman–Crippen MR) is 71.3 cm³/mol. The van der Waals surface area contributed by atoms with E-state index in [0.29, 0.717) is 5.92 Å². The van der Waals surface area contributed by atoms with E-state index in [1.165, 1.54) is 0 Å². The predicted octanol–water partition coefficient (Wildman–Crippen LogP) is 3.63. The number of hydrogen-bond donors (Lipinski definition) is 0. The fraction of sp³-hybridized carbons (Fsp3) is 0.231. The number of benzene rings is 1. The van der Waals surface area contributed by atoms with Gasteiger partial charge in [-0.2, -0.15) is 0 Å². The fourth-order valence-corrected chi connectivity index (χ4v) is 1.76. The molecule has 0 N–H and O–H groups in total. The lowest BCUT2D eigenvalue weighted by Crippen LogP contribution is -2.03. The Kier molecular flexibility index (Phi) is 3.24. The van der Waals surface area contributed by atoms with Crippen molar-refractivity contribution in [2.75, 3.05) is 0 Å². The molecule has 0 aliphatic carbocycles. The molecule has 0 aliphatic heterocycles. The molecule has 80 valence electrons. The summed E-state index contributed by atoms with van der Waals surface area (Å²) in [5.74, 6) is 2.26. The summed E-state index contributed by atoms with van der Waals surface area (Å²) in [4.78, 5) is 0. The number of rotatable bonds is 2. The number of hydrogen-bond acceptors (Lipinski definition) is 1. The van der Waals surface area contributed by atoms with Crippen LogP contribution in [-0.2, 0) is 0 Å². The monoisotopic (exact) mass is 274 g/mol. The number of furan rings is 1. The van der Waals surface area contributed by atoms with Crippen LogP contribution in [0.1, 0.15) is 25.5 Å². The minimum absolute atomic E-state index is 0.404. The van der Waals surface area contributed by atoms with Gasteiger partial charge >= 0.3 is 0 Å². The summed E-state index contributed by atoms with van der Waals surface area (Å²) in [5, 5.41) is 0. The Bertz CT molecular complexity index is 502. The molecule has 0 saturated heterocycles. The molecule has 0 unspecified atom stereocenters. The lowest BCUT2D eigenvalue weighted by molar-refractivity contribution is 0.498. The highest BCUT2D eigenvalue weighted by molar-refractivity contribution is 9.10. The Balaban J connectivity index is 2.39. The summed E-state index contributed by atoms with van der Waals surface area (Å²) in [6.45, 7) is 4.22. The quantitative estimate of drug-likeness (QED) is 0.763. The second-order valence-corrected chi connectivity index (χ2v) is 4.95. The molecule has 0 bridgehead atoms. The molecule has 0 aliphatic rings. The van der Waals surface area contributed by atoms with Gasteiger partial charge in [-0.25, -0.2) is 0 Å². The molecule has 0 fully saturated rings. The Morgan fingerprint density at radius 1 is 1.19 bits per heavy atom. The Labute approximate surface area is 105 Å². The van der Waals surface area contributed by atoms with E-state index in [1.807, 2.05) is 30.3 Å². The minimum Gasteiger partial charge on any atom is -0.461 e. The van der Waals surface area contributed by atoms with Gasteiger partial charge in [0.15, 0.2) is 0 Å². The second kappa shape index (κ2) is 4.50. The minimum atomic E-state index is 0.404. The molecule has 0 saturated carbocycles. The topological polar surface area (TPSA) is 13.1 Å². The zero-order chi connectivity index (χ0) is 11.7. The van der Waals surface area contributed by atoms with Crippen LogP contribution in [0.25, 0.3) is 11.3 Å². The highest BCUT2D eigenvalue weighted by Gasteiger charge is 2.08. The molecule has 2 aromatic rings. The van der Waals surface area contributed by atoms with Crippen molar-refractivity contribution >= 4 is 29.2 Å².